The van der Waals surface area contributed by atoms with Crippen molar-refractivity contribution in [2.75, 3.05) is 0 Å². The maximum atomic E-state index is 17.2. The van der Waals surface area contributed by atoms with E-state index in [4.69, 9.17) is 4.74 Å². The van der Waals surface area contributed by atoms with Crippen molar-refractivity contribution in [3.05, 3.63) is 35.6 Å². The van der Waals surface area contributed by atoms with E-state index in [2.05, 4.69) is 0 Å². The highest BCUT2D eigenvalue weighted by molar-refractivity contribution is 6.29. The van der Waals surface area contributed by atoms with Gasteiger partial charge in [0.05, 0.1) is 11.5 Å². The normalized spacial score (nSPS) is 46.9. The molecule has 4 aliphatic rings. The number of carbonyl (C=O) groups is 4. The molecule has 0 bridgehead atoms. The summed E-state index contributed by atoms with van der Waals surface area (Å²) in [7, 11) is 0. The molecule has 0 aromatic carbocycles. The van der Waals surface area contributed by atoms with Gasteiger partial charge in [0.1, 0.15) is 11.4 Å². The van der Waals surface area contributed by atoms with Crippen molar-refractivity contribution in [1.82, 2.24) is 0 Å². The van der Waals surface area contributed by atoms with Gasteiger partial charge in [-0.05, 0) is 49.8 Å². The molecule has 8 heteroatoms. The molecule has 0 heterocycles. The minimum absolute atomic E-state index is 0.0252. The molecule has 8 atom stereocenters. The van der Waals surface area contributed by atoms with Gasteiger partial charge in [-0.2, -0.15) is 0 Å². The van der Waals surface area contributed by atoms with Crippen LogP contribution in [0.4, 0.5) is 4.39 Å². The lowest BCUT2D eigenvalue weighted by molar-refractivity contribution is -0.205. The Kier molecular flexibility index (Phi) is 4.81. The maximum absolute atomic E-state index is 17.2. The quantitative estimate of drug-likeness (QED) is 0.385. The van der Waals surface area contributed by atoms with Crippen molar-refractivity contribution in [3.63, 3.8) is 0 Å². The molecular weight excluding hydrogens is 419 g/mol. The number of rotatable bonds is 3. The molecule has 0 unspecified atom stereocenters. The second-order valence-corrected chi connectivity index (χ2v) is 10.0. The van der Waals surface area contributed by atoms with Crippen LogP contribution in [0.2, 0.25) is 0 Å². The number of esters is 1. The molecule has 2 fully saturated rings. The van der Waals surface area contributed by atoms with Gasteiger partial charge >= 0.3 is 5.97 Å². The molecule has 4 rings (SSSR count). The Balaban J connectivity index is 1.96. The molecule has 7 nitrogen and oxygen atoms in total. The van der Waals surface area contributed by atoms with Crippen molar-refractivity contribution in [2.24, 2.45) is 28.6 Å². The number of hydrogen-bond acceptors (Lipinski definition) is 7. The first-order valence-corrected chi connectivity index (χ1v) is 10.7. The van der Waals surface area contributed by atoms with Crippen LogP contribution in [0, 0.1) is 28.6 Å². The van der Waals surface area contributed by atoms with E-state index in [1.165, 1.54) is 38.2 Å². The van der Waals surface area contributed by atoms with Gasteiger partial charge in [0.15, 0.2) is 17.7 Å². The van der Waals surface area contributed by atoms with Gasteiger partial charge in [0, 0.05) is 23.8 Å². The Bertz CT molecular complexity index is 1030. The highest BCUT2D eigenvalue weighted by Gasteiger charge is 2.75. The molecular formula is C24H27FO7. The molecule has 2 saturated carbocycles. The fourth-order valence-corrected chi connectivity index (χ4v) is 6.95. The van der Waals surface area contributed by atoms with Crippen molar-refractivity contribution in [3.8, 4) is 0 Å². The van der Waals surface area contributed by atoms with Crippen LogP contribution in [-0.2, 0) is 23.9 Å². The van der Waals surface area contributed by atoms with Crippen LogP contribution in [0.25, 0.3) is 0 Å². The number of ether oxygens (including phenoxy) is 1. The molecule has 172 valence electrons. The predicted octanol–water partition coefficient (Wildman–Crippen LogP) is 1.77. The monoisotopic (exact) mass is 446 g/mol. The van der Waals surface area contributed by atoms with E-state index in [1.807, 2.05) is 0 Å². The van der Waals surface area contributed by atoms with Crippen LogP contribution in [0.5, 0.6) is 0 Å². The predicted molar refractivity (Wildman–Crippen MR) is 110 cm³/mol. The van der Waals surface area contributed by atoms with Crippen molar-refractivity contribution in [2.45, 2.75) is 57.9 Å². The van der Waals surface area contributed by atoms with E-state index in [9.17, 15) is 29.4 Å². The lowest BCUT2D eigenvalue weighted by Gasteiger charge is -2.61. The Hall–Kier alpha value is -2.45. The standard InChI is InChI=1S/C24H27FO7/c1-12-7-15-16-9-18(32-13(2)27)17-8-14(28)5-6-21(17,3)23(16,25)19(29)10-22(15,4)24(12,31)20(30)11-26/h5-6,8-9,11-12,15-16,19,29,31H,7,10H2,1-4H3/t12-,15-,16-,19-,21-,22-,23-,24-/m0/s1. The first-order chi connectivity index (χ1) is 14.8. The Morgan fingerprint density at radius 2 is 1.97 bits per heavy atom. The molecule has 0 amide bonds. The van der Waals surface area contributed by atoms with Gasteiger partial charge in [-0.15, -0.1) is 0 Å². The minimum atomic E-state index is -2.31. The average molecular weight is 446 g/mol. The number of fused-ring (bicyclic) bond motifs is 5. The number of aliphatic hydroxyl groups is 2. The zero-order valence-corrected chi connectivity index (χ0v) is 18.4. The zero-order valence-electron chi connectivity index (χ0n) is 18.4. The maximum Gasteiger partial charge on any atom is 0.308 e. The number of halogens is 1. The number of hydrogen-bond donors (Lipinski definition) is 2. The van der Waals surface area contributed by atoms with E-state index in [1.54, 1.807) is 13.8 Å². The average Bonchev–Trinajstić information content (AvgIpc) is 2.92. The van der Waals surface area contributed by atoms with Crippen molar-refractivity contribution < 1.29 is 38.5 Å². The summed E-state index contributed by atoms with van der Waals surface area (Å²) in [5.41, 5.74) is -7.00. The van der Waals surface area contributed by atoms with E-state index in [0.717, 1.165) is 0 Å². The third-order valence-electron chi connectivity index (χ3n) is 8.59. The largest absolute Gasteiger partial charge is 0.427 e. The summed E-state index contributed by atoms with van der Waals surface area (Å²) in [6.45, 7) is 5.95. The van der Waals surface area contributed by atoms with Crippen LogP contribution < -0.4 is 0 Å². The molecule has 32 heavy (non-hydrogen) atoms. The van der Waals surface area contributed by atoms with Gasteiger partial charge in [0.2, 0.25) is 5.78 Å². The summed E-state index contributed by atoms with van der Waals surface area (Å²) >= 11 is 0. The number of Topliss-reactive ketones (excluding diaryl/α,β-unsaturated/α-hetero) is 1. The fourth-order valence-electron chi connectivity index (χ4n) is 6.95. The van der Waals surface area contributed by atoms with Gasteiger partial charge in [-0.1, -0.05) is 19.9 Å². The SMILES string of the molecule is CC(=O)OC1=C[C@H]2[C@@H]3C[C@H](C)[C@](O)(C(=O)C=O)[C@@]3(C)C[C@H](O)[C@]2(F)[C@@]2(C)C=CC(=O)C=C12. The van der Waals surface area contributed by atoms with Crippen LogP contribution >= 0.6 is 0 Å². The van der Waals surface area contributed by atoms with E-state index >= 15 is 4.39 Å². The van der Waals surface area contributed by atoms with Crippen LogP contribution in [0.1, 0.15) is 40.5 Å². The summed E-state index contributed by atoms with van der Waals surface area (Å²) < 4.78 is 22.5. The summed E-state index contributed by atoms with van der Waals surface area (Å²) in [6, 6.07) is 0. The van der Waals surface area contributed by atoms with E-state index in [0.29, 0.717) is 0 Å². The summed E-state index contributed by atoms with van der Waals surface area (Å²) in [4.78, 5) is 47.8. The summed E-state index contributed by atoms with van der Waals surface area (Å²) in [5.74, 6) is -4.38. The number of aliphatic hydroxyl groups excluding tert-OH is 1. The lowest BCUT2D eigenvalue weighted by Crippen LogP contribution is -2.69. The van der Waals surface area contributed by atoms with Crippen LogP contribution in [-0.4, -0.2) is 51.4 Å². The van der Waals surface area contributed by atoms with Crippen LogP contribution in [0.3, 0.4) is 0 Å². The Morgan fingerprint density at radius 1 is 1.31 bits per heavy atom. The first kappa shape index (κ1) is 22.7. The smallest absolute Gasteiger partial charge is 0.308 e. The molecule has 2 N–H and O–H groups in total. The lowest BCUT2D eigenvalue weighted by atomic mass is 9.46. The third-order valence-corrected chi connectivity index (χ3v) is 8.59. The highest BCUT2D eigenvalue weighted by atomic mass is 19.1. The Morgan fingerprint density at radius 3 is 2.56 bits per heavy atom. The van der Waals surface area contributed by atoms with E-state index in [-0.39, 0.29) is 30.5 Å². The second kappa shape index (κ2) is 6.78. The minimum Gasteiger partial charge on any atom is -0.427 e. The third kappa shape index (κ3) is 2.48. The topological polar surface area (TPSA) is 118 Å². The summed E-state index contributed by atoms with van der Waals surface area (Å²) in [5, 5.41) is 22.6. The van der Waals surface area contributed by atoms with Crippen LogP contribution in [0.15, 0.2) is 35.6 Å². The van der Waals surface area contributed by atoms with Crippen molar-refractivity contribution in [1.29, 1.82) is 0 Å². The first-order valence-electron chi connectivity index (χ1n) is 10.7. The Labute approximate surface area is 185 Å². The summed E-state index contributed by atoms with van der Waals surface area (Å²) in [6.07, 6.45) is 3.62. The number of allylic oxidation sites excluding steroid dienone is 5. The number of alkyl halides is 1. The van der Waals surface area contributed by atoms with Gasteiger partial charge in [-0.3, -0.25) is 19.2 Å². The fraction of sp³-hybridized carbons (Fsp3) is 0.583. The number of aldehydes is 1. The molecule has 0 aromatic heterocycles. The number of carbonyl (C=O) groups excluding carboxylic acids is 4. The van der Waals surface area contributed by atoms with Gasteiger partial charge < -0.3 is 14.9 Å². The molecule has 0 aromatic rings. The van der Waals surface area contributed by atoms with Gasteiger partial charge in [-0.25, -0.2) is 4.39 Å². The molecule has 0 spiro atoms. The molecule has 0 radical (unpaired) electrons. The van der Waals surface area contributed by atoms with E-state index < -0.39 is 63.5 Å². The van der Waals surface area contributed by atoms with Gasteiger partial charge in [0.25, 0.3) is 0 Å². The van der Waals surface area contributed by atoms with Crippen molar-refractivity contribution >= 4 is 23.8 Å². The zero-order chi connectivity index (χ0) is 23.9. The molecule has 4 aliphatic carbocycles. The number of ketones is 2. The molecule has 0 aliphatic heterocycles. The second-order valence-electron chi connectivity index (χ2n) is 10.0. The highest BCUT2D eigenvalue weighted by Crippen LogP contribution is 2.70. The molecule has 0 saturated heterocycles.